The molecule has 2 atom stereocenters. The molecule has 5 amide bonds. The lowest BCUT2D eigenvalue weighted by Gasteiger charge is -2.39. The summed E-state index contributed by atoms with van der Waals surface area (Å²) < 4.78 is 24.1. The number of carbonyl (C=O) groups excluding carboxylic acids is 5. The zero-order chi connectivity index (χ0) is 46.3. The summed E-state index contributed by atoms with van der Waals surface area (Å²) in [6.45, 7) is 5.39. The molecule has 8 rings (SSSR count). The molecule has 2 aromatic heterocycles. The second kappa shape index (κ2) is 20.4. The van der Waals surface area contributed by atoms with Crippen LogP contribution in [-0.4, -0.2) is 135 Å². The summed E-state index contributed by atoms with van der Waals surface area (Å²) in [4.78, 5) is 79.2. The molecule has 3 aliphatic heterocycles. The highest BCUT2D eigenvalue weighted by molar-refractivity contribution is 6.30. The van der Waals surface area contributed by atoms with Crippen LogP contribution in [0.15, 0.2) is 77.4 Å². The number of rotatable bonds is 19. The zero-order valence-electron chi connectivity index (χ0n) is 35.7. The molecule has 5 aromatic rings. The molecule has 2 fully saturated rings. The number of aryl methyl sites for hydroxylation is 1. The van der Waals surface area contributed by atoms with Crippen LogP contribution in [0.25, 0.3) is 0 Å². The van der Waals surface area contributed by atoms with Crippen molar-refractivity contribution in [1.82, 2.24) is 40.2 Å². The minimum absolute atomic E-state index is 0.0183. The topological polar surface area (TPSA) is 247 Å². The Morgan fingerprint density at radius 2 is 1.67 bits per heavy atom. The highest BCUT2D eigenvalue weighted by Gasteiger charge is 2.45. The van der Waals surface area contributed by atoms with E-state index < -0.39 is 46.2 Å². The molecule has 344 valence electrons. The molecule has 0 spiro atoms. The summed E-state index contributed by atoms with van der Waals surface area (Å²) >= 11 is 6.23. The number of halogens is 1. The molecule has 0 saturated carbocycles. The van der Waals surface area contributed by atoms with Crippen molar-refractivity contribution in [2.45, 2.75) is 45.0 Å². The number of amides is 5. The first-order valence-electron chi connectivity index (χ1n) is 21.2. The number of nitrogens with one attached hydrogen (secondary N) is 2. The van der Waals surface area contributed by atoms with Gasteiger partial charge in [-0.3, -0.25) is 49.2 Å². The molecule has 5 heterocycles. The van der Waals surface area contributed by atoms with Crippen molar-refractivity contribution in [2.75, 3.05) is 64.5 Å². The number of benzene rings is 3. The Labute approximate surface area is 382 Å². The molecule has 0 radical (unpaired) electrons. The van der Waals surface area contributed by atoms with Crippen molar-refractivity contribution in [1.29, 1.82) is 0 Å². The van der Waals surface area contributed by atoms with Crippen LogP contribution in [0.3, 0.4) is 0 Å². The minimum Gasteiger partial charge on any atom is -0.487 e. The lowest BCUT2D eigenvalue weighted by molar-refractivity contribution is -0.386. The van der Waals surface area contributed by atoms with Crippen LogP contribution in [0, 0.1) is 17.0 Å². The van der Waals surface area contributed by atoms with Gasteiger partial charge in [0.25, 0.3) is 17.7 Å². The Morgan fingerprint density at radius 1 is 0.955 bits per heavy atom. The van der Waals surface area contributed by atoms with Crippen LogP contribution in [0.1, 0.15) is 72.7 Å². The molecule has 2 unspecified atom stereocenters. The number of piperidine rings is 1. The normalized spacial score (nSPS) is 16.9. The lowest BCUT2D eigenvalue weighted by atomic mass is 9.96. The Kier molecular flexibility index (Phi) is 14.1. The van der Waals surface area contributed by atoms with E-state index in [-0.39, 0.29) is 48.1 Å². The molecule has 3 aliphatic rings. The molecule has 0 bridgehead atoms. The number of hydrogen-bond acceptors (Lipinski definition) is 16. The predicted molar refractivity (Wildman–Crippen MR) is 233 cm³/mol. The second-order valence-corrected chi connectivity index (χ2v) is 16.1. The molecular weight excluding hydrogens is 880 g/mol. The third kappa shape index (κ3) is 10.1. The molecule has 2 N–H and O–H groups in total. The number of ether oxygens (including phenoxy) is 3. The van der Waals surface area contributed by atoms with E-state index in [0.717, 1.165) is 16.0 Å². The third-order valence-electron chi connectivity index (χ3n) is 11.4. The van der Waals surface area contributed by atoms with Crippen LogP contribution in [0.5, 0.6) is 5.75 Å². The van der Waals surface area contributed by atoms with Gasteiger partial charge in [0.2, 0.25) is 23.3 Å². The third-order valence-corrected chi connectivity index (χ3v) is 11.7. The van der Waals surface area contributed by atoms with Gasteiger partial charge in [0.05, 0.1) is 61.3 Å². The van der Waals surface area contributed by atoms with Gasteiger partial charge in [-0.05, 0) is 53.9 Å². The number of fused-ring (bicyclic) bond motifs is 1. The first kappa shape index (κ1) is 45.5. The number of imide groups is 2. The number of nitrogens with zero attached hydrogens (tertiary/aromatic N) is 8. The number of aromatic nitrogens is 4. The highest BCUT2D eigenvalue weighted by Crippen LogP contribution is 2.34. The maximum Gasteiger partial charge on any atom is 0.344 e. The molecular formula is C44H45ClN10O11. The first-order chi connectivity index (χ1) is 32.0. The van der Waals surface area contributed by atoms with Gasteiger partial charge >= 0.3 is 5.69 Å². The molecule has 2 saturated heterocycles. The van der Waals surface area contributed by atoms with E-state index in [4.69, 9.17) is 30.3 Å². The highest BCUT2D eigenvalue weighted by atomic mass is 35.5. The fourth-order valence-electron chi connectivity index (χ4n) is 8.13. The van der Waals surface area contributed by atoms with Crippen molar-refractivity contribution in [3.63, 3.8) is 0 Å². The zero-order valence-corrected chi connectivity index (χ0v) is 36.5. The monoisotopic (exact) mass is 924 g/mol. The number of anilines is 1. The fourth-order valence-corrected chi connectivity index (χ4v) is 8.26. The largest absolute Gasteiger partial charge is 0.487 e. The minimum atomic E-state index is -1.04. The van der Waals surface area contributed by atoms with Crippen molar-refractivity contribution in [3.8, 4) is 5.75 Å². The van der Waals surface area contributed by atoms with Crippen molar-refractivity contribution in [2.24, 2.45) is 0 Å². The molecule has 3 aromatic carbocycles. The maximum absolute atomic E-state index is 13.3. The van der Waals surface area contributed by atoms with Gasteiger partial charge < -0.3 is 29.0 Å². The number of nitro groups is 1. The quantitative estimate of drug-likeness (QED) is 0.0517. The van der Waals surface area contributed by atoms with E-state index >= 15 is 0 Å². The number of piperazine rings is 1. The van der Waals surface area contributed by atoms with Crippen molar-refractivity contribution in [3.05, 3.63) is 127 Å². The standard InChI is InChI=1S/C44H45ClN10O11/c1-27-39(55(61)62)38(49-66-27)44(60)52-18-16-51(17-19-52)40(28-5-9-30(45)10-6-28)29-7-11-32(12-8-29)65-26-31-25-53(50-48-31)20-22-64-24-23-63-21-15-46-34-4-2-3-33-37(34)43(59)54(42(33)58)35-13-14-36(56)47-41(35)57/h2-12,25,35,40,46H,13-24,26H2,1H3,(H,47,56,57). The average Bonchev–Trinajstić information content (AvgIpc) is 4.01. The summed E-state index contributed by atoms with van der Waals surface area (Å²) in [5, 5.41) is 29.6. The van der Waals surface area contributed by atoms with Gasteiger partial charge in [-0.1, -0.05) is 52.3 Å². The van der Waals surface area contributed by atoms with Gasteiger partial charge in [-0.15, -0.1) is 5.10 Å². The fraction of sp³-hybridized carbons (Fsp3) is 0.364. The van der Waals surface area contributed by atoms with Crippen molar-refractivity contribution < 1.29 is 47.6 Å². The van der Waals surface area contributed by atoms with Crippen LogP contribution in [0.4, 0.5) is 11.4 Å². The molecule has 66 heavy (non-hydrogen) atoms. The second-order valence-electron chi connectivity index (χ2n) is 15.6. The maximum atomic E-state index is 13.3. The summed E-state index contributed by atoms with van der Waals surface area (Å²) in [5.41, 5.74) is 2.76. The number of carbonyl (C=O) groups is 5. The van der Waals surface area contributed by atoms with E-state index in [1.165, 1.54) is 6.92 Å². The molecule has 21 nitrogen and oxygen atoms in total. The SMILES string of the molecule is Cc1onc(C(=O)N2CCN(C(c3ccc(Cl)cc3)c3ccc(OCc4cn(CCOCCOCCNc5cccc6c5C(=O)N(C5CCC(=O)NC5=O)C6=O)nn4)cc3)CC2)c1[N+](=O)[O-]. The summed E-state index contributed by atoms with van der Waals surface area (Å²) in [6.07, 6.45) is 1.91. The Balaban J connectivity index is 0.750. The first-order valence-corrected chi connectivity index (χ1v) is 21.6. The molecule has 22 heteroatoms. The smallest absolute Gasteiger partial charge is 0.344 e. The van der Waals surface area contributed by atoms with E-state index in [1.54, 1.807) is 34.0 Å². The van der Waals surface area contributed by atoms with E-state index in [2.05, 4.69) is 31.0 Å². The van der Waals surface area contributed by atoms with Gasteiger partial charge in [0.15, 0.2) is 0 Å². The van der Waals surface area contributed by atoms with E-state index in [1.807, 2.05) is 48.5 Å². The Morgan fingerprint density at radius 3 is 2.38 bits per heavy atom. The average molecular weight is 925 g/mol. The lowest BCUT2D eigenvalue weighted by Crippen LogP contribution is -2.54. The van der Waals surface area contributed by atoms with Gasteiger partial charge in [-0.2, -0.15) is 0 Å². The Hall–Kier alpha value is -7.07. The van der Waals surface area contributed by atoms with E-state index in [0.29, 0.717) is 87.8 Å². The van der Waals surface area contributed by atoms with Crippen LogP contribution in [0.2, 0.25) is 5.02 Å². The van der Waals surface area contributed by atoms with Crippen LogP contribution < -0.4 is 15.4 Å². The van der Waals surface area contributed by atoms with E-state index in [9.17, 15) is 34.1 Å². The summed E-state index contributed by atoms with van der Waals surface area (Å²) in [7, 11) is 0. The number of hydrogen-bond donors (Lipinski definition) is 2. The predicted octanol–water partition coefficient (Wildman–Crippen LogP) is 3.81. The van der Waals surface area contributed by atoms with Crippen LogP contribution in [-0.2, 0) is 32.2 Å². The van der Waals surface area contributed by atoms with Crippen LogP contribution >= 0.6 is 11.6 Å². The van der Waals surface area contributed by atoms with Gasteiger partial charge in [-0.25, -0.2) is 4.68 Å². The summed E-state index contributed by atoms with van der Waals surface area (Å²) in [6, 6.07) is 19.0. The van der Waals surface area contributed by atoms with Gasteiger partial charge in [0, 0.05) is 56.8 Å². The van der Waals surface area contributed by atoms with Crippen molar-refractivity contribution >= 4 is 52.5 Å². The molecule has 0 aliphatic carbocycles. The van der Waals surface area contributed by atoms with Gasteiger partial charge in [0.1, 0.15) is 24.1 Å². The summed E-state index contributed by atoms with van der Waals surface area (Å²) in [5.74, 6) is -2.17. The Bertz CT molecular complexity index is 2610.